The summed E-state index contributed by atoms with van der Waals surface area (Å²) in [6.07, 6.45) is 4.28. The summed E-state index contributed by atoms with van der Waals surface area (Å²) in [7, 11) is 3.26. The zero-order chi connectivity index (χ0) is 22.3. The number of benzene rings is 1. The second kappa shape index (κ2) is 8.04. The van der Waals surface area contributed by atoms with E-state index in [0.717, 1.165) is 36.1 Å². The number of methoxy groups -OCH3 is 2. The number of pyridine rings is 1. The maximum Gasteiger partial charge on any atom is 0.341 e. The zero-order valence-corrected chi connectivity index (χ0v) is 18.4. The van der Waals surface area contributed by atoms with Crippen LogP contribution in [0.25, 0.3) is 11.3 Å². The molecule has 0 amide bonds. The van der Waals surface area contributed by atoms with Crippen molar-refractivity contribution in [3.8, 4) is 22.8 Å². The Labute approximate surface area is 181 Å². The minimum atomic E-state index is -1.20. The number of hydrogen-bond acceptors (Lipinski definition) is 5. The van der Waals surface area contributed by atoms with E-state index in [4.69, 9.17) is 14.2 Å². The molecule has 2 aliphatic rings. The average Bonchev–Trinajstić information content (AvgIpc) is 3.05. The number of rotatable bonds is 7. The molecule has 2 atom stereocenters. The predicted octanol–water partition coefficient (Wildman–Crippen LogP) is 4.10. The van der Waals surface area contributed by atoms with E-state index in [9.17, 15) is 14.7 Å². The number of carbonyl (C=O) groups is 1. The molecule has 1 saturated carbocycles. The van der Waals surface area contributed by atoms with Gasteiger partial charge in [-0.25, -0.2) is 4.79 Å². The van der Waals surface area contributed by atoms with Crippen LogP contribution in [0.1, 0.15) is 61.0 Å². The lowest BCUT2D eigenvalue weighted by molar-refractivity contribution is 0.0693. The van der Waals surface area contributed by atoms with Gasteiger partial charge in [-0.2, -0.15) is 0 Å². The molecule has 166 valence electrons. The quantitative estimate of drug-likeness (QED) is 0.670. The SMILES string of the molecule is COCCCOc1cc2c(cc1OC)-c1cc(=O)c(C(=O)O)cn1[C@@H]1[C@@H]2CCC1(C)C. The number of aromatic carboxylic acids is 1. The van der Waals surface area contributed by atoms with Crippen molar-refractivity contribution in [2.45, 2.75) is 45.1 Å². The zero-order valence-electron chi connectivity index (χ0n) is 18.4. The molecule has 1 aromatic heterocycles. The van der Waals surface area contributed by atoms with Crippen LogP contribution in [-0.2, 0) is 4.74 Å². The molecule has 1 fully saturated rings. The van der Waals surface area contributed by atoms with Crippen LogP contribution in [-0.4, -0.2) is 43.1 Å². The van der Waals surface area contributed by atoms with Gasteiger partial charge < -0.3 is 23.9 Å². The molecule has 0 saturated heterocycles. The van der Waals surface area contributed by atoms with Gasteiger partial charge >= 0.3 is 5.97 Å². The van der Waals surface area contributed by atoms with E-state index in [-0.39, 0.29) is 22.9 Å². The average molecular weight is 427 g/mol. The van der Waals surface area contributed by atoms with Gasteiger partial charge in [-0.15, -0.1) is 0 Å². The molecule has 1 aromatic carbocycles. The van der Waals surface area contributed by atoms with Gasteiger partial charge in [0.1, 0.15) is 5.56 Å². The summed E-state index contributed by atoms with van der Waals surface area (Å²) in [4.78, 5) is 24.2. The van der Waals surface area contributed by atoms with Gasteiger partial charge in [-0.05, 0) is 36.0 Å². The van der Waals surface area contributed by atoms with Crippen LogP contribution in [0, 0.1) is 5.41 Å². The predicted molar refractivity (Wildman–Crippen MR) is 116 cm³/mol. The number of hydrogen-bond donors (Lipinski definition) is 1. The first kappa shape index (κ1) is 21.4. The molecule has 4 rings (SSSR count). The Morgan fingerprint density at radius 2 is 1.97 bits per heavy atom. The Bertz CT molecular complexity index is 1070. The smallest absolute Gasteiger partial charge is 0.341 e. The lowest BCUT2D eigenvalue weighted by Gasteiger charge is -2.40. The van der Waals surface area contributed by atoms with Crippen molar-refractivity contribution in [3.05, 3.63) is 45.7 Å². The van der Waals surface area contributed by atoms with Crippen LogP contribution in [0.2, 0.25) is 0 Å². The number of nitrogens with zero attached hydrogens (tertiary/aromatic N) is 1. The van der Waals surface area contributed by atoms with Crippen molar-refractivity contribution in [1.29, 1.82) is 0 Å². The summed E-state index contributed by atoms with van der Waals surface area (Å²) < 4.78 is 18.7. The fourth-order valence-corrected chi connectivity index (χ4v) is 5.19. The molecule has 0 unspecified atom stereocenters. The van der Waals surface area contributed by atoms with Crippen molar-refractivity contribution in [2.24, 2.45) is 5.41 Å². The number of aromatic nitrogens is 1. The third-order valence-corrected chi connectivity index (χ3v) is 6.65. The van der Waals surface area contributed by atoms with Crippen LogP contribution in [0.3, 0.4) is 0 Å². The highest BCUT2D eigenvalue weighted by atomic mass is 16.5. The van der Waals surface area contributed by atoms with Crippen molar-refractivity contribution in [2.75, 3.05) is 27.4 Å². The van der Waals surface area contributed by atoms with Crippen LogP contribution >= 0.6 is 0 Å². The summed E-state index contributed by atoms with van der Waals surface area (Å²) in [5.74, 6) is 0.275. The Morgan fingerprint density at radius 1 is 1.19 bits per heavy atom. The van der Waals surface area contributed by atoms with E-state index in [1.54, 1.807) is 14.2 Å². The van der Waals surface area contributed by atoms with Crippen LogP contribution < -0.4 is 14.9 Å². The maximum atomic E-state index is 12.6. The van der Waals surface area contributed by atoms with Crippen LogP contribution in [0.4, 0.5) is 0 Å². The van der Waals surface area contributed by atoms with Gasteiger partial charge in [0.2, 0.25) is 0 Å². The van der Waals surface area contributed by atoms with Gasteiger partial charge in [0, 0.05) is 49.9 Å². The molecule has 0 radical (unpaired) electrons. The summed E-state index contributed by atoms with van der Waals surface area (Å²) >= 11 is 0. The van der Waals surface area contributed by atoms with Gasteiger partial charge in [-0.3, -0.25) is 4.79 Å². The number of fused-ring (bicyclic) bond motifs is 6. The standard InChI is InChI=1S/C24H29NO6/c1-24(2)7-6-14-15-10-21(31-9-5-8-29-3)20(30-4)11-16(15)18-12-19(26)17(23(27)28)13-25(18)22(14)24/h10-14,22H,5-9H2,1-4H3,(H,27,28)/t14-,22-/m1/s1. The molecular formula is C24H29NO6. The van der Waals surface area contributed by atoms with Crippen LogP contribution in [0.15, 0.2) is 29.2 Å². The molecule has 31 heavy (non-hydrogen) atoms. The fourth-order valence-electron chi connectivity index (χ4n) is 5.19. The lowest BCUT2D eigenvalue weighted by atomic mass is 9.77. The Hall–Kier alpha value is -2.80. The topological polar surface area (TPSA) is 87.0 Å². The van der Waals surface area contributed by atoms with Crippen molar-refractivity contribution >= 4 is 5.97 Å². The largest absolute Gasteiger partial charge is 0.493 e. The van der Waals surface area contributed by atoms with E-state index >= 15 is 0 Å². The van der Waals surface area contributed by atoms with Crippen molar-refractivity contribution in [3.63, 3.8) is 0 Å². The molecule has 7 heteroatoms. The molecule has 7 nitrogen and oxygen atoms in total. The molecule has 2 aromatic rings. The van der Waals surface area contributed by atoms with Gasteiger partial charge in [0.15, 0.2) is 16.9 Å². The molecule has 0 spiro atoms. The normalized spacial score (nSPS) is 20.5. The van der Waals surface area contributed by atoms with Gasteiger partial charge in [-0.1, -0.05) is 13.8 Å². The maximum absolute atomic E-state index is 12.6. The number of carboxylic acid groups (broad SMARTS) is 1. The Balaban J connectivity index is 1.88. The summed E-state index contributed by atoms with van der Waals surface area (Å²) in [5, 5.41) is 9.51. The van der Waals surface area contributed by atoms with E-state index in [1.807, 2.05) is 16.7 Å². The minimum absolute atomic E-state index is 0.0403. The number of ether oxygens (including phenoxy) is 3. The highest BCUT2D eigenvalue weighted by Gasteiger charge is 2.47. The second-order valence-corrected chi connectivity index (χ2v) is 9.01. The first-order chi connectivity index (χ1) is 14.8. The Morgan fingerprint density at radius 3 is 2.65 bits per heavy atom. The van der Waals surface area contributed by atoms with Crippen LogP contribution in [0.5, 0.6) is 11.5 Å². The molecular weight excluding hydrogens is 398 g/mol. The highest BCUT2D eigenvalue weighted by Crippen LogP contribution is 2.59. The number of carboxylic acids is 1. The summed E-state index contributed by atoms with van der Waals surface area (Å²) in [6.45, 7) is 5.54. The molecule has 2 heterocycles. The summed E-state index contributed by atoms with van der Waals surface area (Å²) in [6, 6.07) is 5.46. The third-order valence-electron chi connectivity index (χ3n) is 6.65. The first-order valence-corrected chi connectivity index (χ1v) is 10.6. The van der Waals surface area contributed by atoms with E-state index in [1.165, 1.54) is 12.3 Å². The minimum Gasteiger partial charge on any atom is -0.493 e. The van der Waals surface area contributed by atoms with Gasteiger partial charge in [0.05, 0.1) is 19.4 Å². The first-order valence-electron chi connectivity index (χ1n) is 10.6. The van der Waals surface area contributed by atoms with E-state index < -0.39 is 11.4 Å². The van der Waals surface area contributed by atoms with Gasteiger partial charge in [0.25, 0.3) is 0 Å². The molecule has 1 aliphatic heterocycles. The second-order valence-electron chi connectivity index (χ2n) is 9.01. The summed E-state index contributed by atoms with van der Waals surface area (Å²) in [5.41, 5.74) is 2.03. The fraction of sp³-hybridized carbons (Fsp3) is 0.500. The van der Waals surface area contributed by atoms with E-state index in [2.05, 4.69) is 13.8 Å². The lowest BCUT2D eigenvalue weighted by Crippen LogP contribution is -2.32. The van der Waals surface area contributed by atoms with Crippen molar-refractivity contribution < 1.29 is 24.1 Å². The molecule has 1 aliphatic carbocycles. The Kier molecular flexibility index (Phi) is 5.56. The molecule has 0 bridgehead atoms. The monoisotopic (exact) mass is 427 g/mol. The highest BCUT2D eigenvalue weighted by molar-refractivity contribution is 5.88. The van der Waals surface area contributed by atoms with E-state index in [0.29, 0.717) is 24.7 Å². The third kappa shape index (κ3) is 3.61. The van der Waals surface area contributed by atoms with Crippen molar-refractivity contribution in [1.82, 2.24) is 4.57 Å². The molecule has 1 N–H and O–H groups in total.